The van der Waals surface area contributed by atoms with E-state index in [1.165, 1.54) is 0 Å². The Bertz CT molecular complexity index is 741. The van der Waals surface area contributed by atoms with Gasteiger partial charge in [0.1, 0.15) is 6.04 Å². The van der Waals surface area contributed by atoms with Crippen LogP contribution >= 0.6 is 23.4 Å². The van der Waals surface area contributed by atoms with Gasteiger partial charge in [0.25, 0.3) is 5.91 Å². The van der Waals surface area contributed by atoms with E-state index in [0.29, 0.717) is 22.9 Å². The number of esters is 1. The first kappa shape index (κ1) is 18.1. The Balaban J connectivity index is 1.56. The predicted octanol–water partition coefficient (Wildman–Crippen LogP) is 2.58. The average Bonchev–Trinajstić information content (AvgIpc) is 3.06. The summed E-state index contributed by atoms with van der Waals surface area (Å²) in [6.45, 7) is 3.36. The summed E-state index contributed by atoms with van der Waals surface area (Å²) < 4.78 is 5.14. The lowest BCUT2D eigenvalue weighted by molar-refractivity contribution is -0.155. The van der Waals surface area contributed by atoms with E-state index in [9.17, 15) is 14.4 Å². The van der Waals surface area contributed by atoms with E-state index in [-0.39, 0.29) is 10.8 Å². The largest absolute Gasteiger partial charge is 0.454 e. The lowest BCUT2D eigenvalue weighted by Gasteiger charge is -2.29. The van der Waals surface area contributed by atoms with Crippen LogP contribution in [0.3, 0.4) is 0 Å². The van der Waals surface area contributed by atoms with Crippen molar-refractivity contribution in [2.45, 2.75) is 37.6 Å². The molecule has 134 valence electrons. The van der Waals surface area contributed by atoms with Gasteiger partial charge in [0.05, 0.1) is 4.87 Å². The lowest BCUT2D eigenvalue weighted by atomic mass is 10.2. The number of benzene rings is 1. The van der Waals surface area contributed by atoms with Crippen LogP contribution in [0, 0.1) is 6.92 Å². The molecule has 0 bridgehead atoms. The van der Waals surface area contributed by atoms with Crippen molar-refractivity contribution in [3.05, 3.63) is 28.8 Å². The number of carbonyl (C=O) groups is 3. The molecule has 8 heteroatoms. The number of hydrogen-bond acceptors (Lipinski definition) is 5. The molecular formula is C17H19ClN2O4S. The maximum Gasteiger partial charge on any atom is 0.330 e. The van der Waals surface area contributed by atoms with Gasteiger partial charge in [-0.25, -0.2) is 4.79 Å². The van der Waals surface area contributed by atoms with Gasteiger partial charge in [-0.05, 0) is 38.0 Å². The van der Waals surface area contributed by atoms with Gasteiger partial charge in [-0.2, -0.15) is 0 Å². The Morgan fingerprint density at radius 2 is 2.24 bits per heavy atom. The molecule has 2 aliphatic rings. The molecule has 1 aromatic carbocycles. The van der Waals surface area contributed by atoms with Crippen molar-refractivity contribution in [1.82, 2.24) is 4.90 Å². The van der Waals surface area contributed by atoms with Crippen LogP contribution in [0.2, 0.25) is 5.02 Å². The minimum atomic E-state index is -0.620. The molecule has 0 radical (unpaired) electrons. The Labute approximate surface area is 155 Å². The molecular weight excluding hydrogens is 364 g/mol. The third-order valence-electron chi connectivity index (χ3n) is 4.60. The maximum atomic E-state index is 12.3. The third-order valence-corrected chi connectivity index (χ3v) is 6.52. The molecule has 1 aromatic rings. The fraction of sp³-hybridized carbons (Fsp3) is 0.471. The number of halogens is 1. The number of anilines is 1. The van der Waals surface area contributed by atoms with Crippen molar-refractivity contribution in [2.75, 3.05) is 17.7 Å². The standard InChI is InChI=1S/C17H19ClN2O4S/c1-10-11(18)4-3-5-12(10)19-14(21)8-24-16(23)13-9-25-17(2)7-6-15(22)20(13)17/h3-5,13H,6-9H2,1-2H3,(H,19,21)/t13-,17-/m1/s1. The van der Waals surface area contributed by atoms with Crippen molar-refractivity contribution in [3.8, 4) is 0 Å². The number of hydrogen-bond donors (Lipinski definition) is 1. The van der Waals surface area contributed by atoms with Crippen molar-refractivity contribution < 1.29 is 19.1 Å². The van der Waals surface area contributed by atoms with E-state index in [1.54, 1.807) is 41.8 Å². The predicted molar refractivity (Wildman–Crippen MR) is 96.5 cm³/mol. The molecule has 0 spiro atoms. The van der Waals surface area contributed by atoms with E-state index >= 15 is 0 Å². The Morgan fingerprint density at radius 1 is 1.48 bits per heavy atom. The molecule has 6 nitrogen and oxygen atoms in total. The highest BCUT2D eigenvalue weighted by Crippen LogP contribution is 2.47. The van der Waals surface area contributed by atoms with Crippen molar-refractivity contribution in [1.29, 1.82) is 0 Å². The smallest absolute Gasteiger partial charge is 0.330 e. The van der Waals surface area contributed by atoms with E-state index in [0.717, 1.165) is 12.0 Å². The van der Waals surface area contributed by atoms with E-state index in [2.05, 4.69) is 5.32 Å². The number of ether oxygens (including phenoxy) is 1. The maximum absolute atomic E-state index is 12.3. The molecule has 2 heterocycles. The molecule has 0 aromatic heterocycles. The highest BCUT2D eigenvalue weighted by Gasteiger charge is 2.53. The van der Waals surface area contributed by atoms with Gasteiger partial charge in [0, 0.05) is 22.9 Å². The Morgan fingerprint density at radius 3 is 3.00 bits per heavy atom. The van der Waals surface area contributed by atoms with Crippen LogP contribution in [0.15, 0.2) is 18.2 Å². The van der Waals surface area contributed by atoms with Gasteiger partial charge in [-0.15, -0.1) is 11.8 Å². The Kier molecular flexibility index (Phi) is 4.97. The molecule has 0 unspecified atom stereocenters. The number of carbonyl (C=O) groups excluding carboxylic acids is 3. The zero-order valence-corrected chi connectivity index (χ0v) is 15.6. The number of nitrogens with one attached hydrogen (secondary N) is 1. The molecule has 2 fully saturated rings. The highest BCUT2D eigenvalue weighted by molar-refractivity contribution is 8.01. The minimum absolute atomic E-state index is 0.0338. The van der Waals surface area contributed by atoms with Crippen molar-refractivity contribution in [2.24, 2.45) is 0 Å². The van der Waals surface area contributed by atoms with Gasteiger partial charge in [0.15, 0.2) is 6.61 Å². The normalized spacial score (nSPS) is 25.0. The number of fused-ring (bicyclic) bond motifs is 1. The molecule has 2 atom stereocenters. The van der Waals surface area contributed by atoms with Crippen LogP contribution < -0.4 is 5.32 Å². The van der Waals surface area contributed by atoms with Crippen molar-refractivity contribution in [3.63, 3.8) is 0 Å². The summed E-state index contributed by atoms with van der Waals surface area (Å²) in [7, 11) is 0. The summed E-state index contributed by atoms with van der Waals surface area (Å²) in [4.78, 5) is 37.7. The van der Waals surface area contributed by atoms with E-state index in [1.807, 2.05) is 6.92 Å². The first-order chi connectivity index (χ1) is 11.8. The molecule has 2 aliphatic heterocycles. The van der Waals surface area contributed by atoms with Gasteiger partial charge in [-0.3, -0.25) is 9.59 Å². The third kappa shape index (κ3) is 3.48. The summed E-state index contributed by atoms with van der Waals surface area (Å²) in [6, 6.07) is 4.56. The van der Waals surface area contributed by atoms with Crippen LogP contribution in [-0.4, -0.2) is 46.0 Å². The molecule has 3 rings (SSSR count). The summed E-state index contributed by atoms with van der Waals surface area (Å²) in [6.07, 6.45) is 1.18. The summed E-state index contributed by atoms with van der Waals surface area (Å²) in [5, 5.41) is 3.22. The summed E-state index contributed by atoms with van der Waals surface area (Å²) >= 11 is 7.60. The fourth-order valence-electron chi connectivity index (χ4n) is 3.16. The van der Waals surface area contributed by atoms with Gasteiger partial charge in [-0.1, -0.05) is 17.7 Å². The average molecular weight is 383 g/mol. The molecule has 2 amide bonds. The first-order valence-electron chi connectivity index (χ1n) is 7.99. The van der Waals surface area contributed by atoms with Gasteiger partial charge < -0.3 is 15.0 Å². The van der Waals surface area contributed by atoms with Crippen LogP contribution in [0.4, 0.5) is 5.69 Å². The summed E-state index contributed by atoms with van der Waals surface area (Å²) in [5.41, 5.74) is 1.32. The lowest BCUT2D eigenvalue weighted by Crippen LogP contribution is -2.47. The zero-order valence-electron chi connectivity index (χ0n) is 14.0. The first-order valence-corrected chi connectivity index (χ1v) is 9.36. The topological polar surface area (TPSA) is 75.7 Å². The second-order valence-corrected chi connectivity index (χ2v) is 8.24. The Hall–Kier alpha value is -1.73. The molecule has 1 N–H and O–H groups in total. The zero-order chi connectivity index (χ0) is 18.2. The number of amides is 2. The van der Waals surface area contributed by atoms with Crippen LogP contribution in [-0.2, 0) is 19.1 Å². The molecule has 0 saturated carbocycles. The second kappa shape index (κ2) is 6.88. The molecule has 0 aliphatic carbocycles. The monoisotopic (exact) mass is 382 g/mol. The van der Waals surface area contributed by atoms with Crippen molar-refractivity contribution >= 4 is 46.8 Å². The van der Waals surface area contributed by atoms with E-state index < -0.39 is 24.5 Å². The SMILES string of the molecule is Cc1c(Cl)cccc1NC(=O)COC(=O)[C@H]1CS[C@]2(C)CCC(=O)N12. The van der Waals surface area contributed by atoms with Crippen LogP contribution in [0.5, 0.6) is 0 Å². The fourth-order valence-corrected chi connectivity index (χ4v) is 4.75. The van der Waals surface area contributed by atoms with Gasteiger partial charge in [0.2, 0.25) is 5.91 Å². The number of thioether (sulfide) groups is 1. The second-order valence-electron chi connectivity index (χ2n) is 6.33. The highest BCUT2D eigenvalue weighted by atomic mass is 35.5. The molecule has 25 heavy (non-hydrogen) atoms. The minimum Gasteiger partial charge on any atom is -0.454 e. The summed E-state index contributed by atoms with van der Waals surface area (Å²) in [5.74, 6) is -0.520. The number of nitrogens with zero attached hydrogens (tertiary/aromatic N) is 1. The van der Waals surface area contributed by atoms with Gasteiger partial charge >= 0.3 is 5.97 Å². The van der Waals surface area contributed by atoms with Crippen LogP contribution in [0.1, 0.15) is 25.3 Å². The quantitative estimate of drug-likeness (QED) is 0.810. The van der Waals surface area contributed by atoms with Crippen LogP contribution in [0.25, 0.3) is 0 Å². The number of rotatable bonds is 4. The molecule has 2 saturated heterocycles. The van der Waals surface area contributed by atoms with E-state index in [4.69, 9.17) is 16.3 Å².